The van der Waals surface area contributed by atoms with Crippen LogP contribution in [0, 0.1) is 6.92 Å². The van der Waals surface area contributed by atoms with Crippen molar-refractivity contribution in [2.45, 2.75) is 18.1 Å². The Labute approximate surface area is 102 Å². The molecule has 16 heavy (non-hydrogen) atoms. The number of aryl methyl sites for hydroxylation is 1. The summed E-state index contributed by atoms with van der Waals surface area (Å²) in [5.74, 6) is 0. The maximum Gasteiger partial charge on any atom is 0.0907 e. The van der Waals surface area contributed by atoms with Gasteiger partial charge in [0.15, 0.2) is 0 Å². The van der Waals surface area contributed by atoms with Crippen LogP contribution in [0.3, 0.4) is 0 Å². The summed E-state index contributed by atoms with van der Waals surface area (Å²) in [5, 5.41) is 9.17. The first-order chi connectivity index (χ1) is 7.38. The minimum atomic E-state index is -1.63. The molecule has 0 aliphatic heterocycles. The maximum absolute atomic E-state index is 9.83. The van der Waals surface area contributed by atoms with E-state index in [-0.39, 0.29) is 0 Å². The second-order valence-electron chi connectivity index (χ2n) is 3.86. The third-order valence-corrected chi connectivity index (χ3v) is 3.24. The Balaban J connectivity index is 2.46. The van der Waals surface area contributed by atoms with E-state index in [1.165, 1.54) is 0 Å². The van der Waals surface area contributed by atoms with Gasteiger partial charge in [0.2, 0.25) is 0 Å². The Morgan fingerprint density at radius 3 is 2.69 bits per heavy atom. The summed E-state index contributed by atoms with van der Waals surface area (Å²) in [6.07, 6.45) is -1.10. The zero-order valence-electron chi connectivity index (χ0n) is 8.84. The summed E-state index contributed by atoms with van der Waals surface area (Å²) >= 11 is 1.55. The van der Waals surface area contributed by atoms with Crippen molar-refractivity contribution in [3.8, 4) is 0 Å². The molecule has 1 N–H and O–H groups in total. The van der Waals surface area contributed by atoms with Crippen LogP contribution in [-0.2, 0) is 0 Å². The number of aliphatic hydroxyl groups excluding tert-OH is 1. The molecular formula is C10H8B3NOS. The largest absolute Gasteiger partial charge is 0.390 e. The number of benzene rings is 1. The van der Waals surface area contributed by atoms with Crippen molar-refractivity contribution in [1.82, 2.24) is 4.98 Å². The number of nitrogens with zero attached hydrogens (tertiary/aromatic N) is 1. The molecule has 0 fully saturated rings. The highest BCUT2D eigenvalue weighted by Gasteiger charge is 2.22. The smallest absolute Gasteiger partial charge is 0.0907 e. The Morgan fingerprint density at radius 2 is 2.06 bits per heavy atom. The van der Waals surface area contributed by atoms with E-state index in [1.807, 2.05) is 19.1 Å². The lowest BCUT2D eigenvalue weighted by molar-refractivity contribution is 0.179. The predicted molar refractivity (Wildman–Crippen MR) is 69.3 cm³/mol. The first-order valence-corrected chi connectivity index (χ1v) is 5.61. The molecule has 1 heterocycles. The highest BCUT2D eigenvalue weighted by Crippen LogP contribution is 2.33. The number of hydrogen-bond donors (Lipinski definition) is 1. The molecule has 6 radical (unpaired) electrons. The molecule has 0 spiro atoms. The van der Waals surface area contributed by atoms with Crippen molar-refractivity contribution in [2.24, 2.45) is 0 Å². The van der Waals surface area contributed by atoms with Gasteiger partial charge in [-0.25, -0.2) is 4.98 Å². The van der Waals surface area contributed by atoms with E-state index in [9.17, 15) is 5.11 Å². The van der Waals surface area contributed by atoms with Crippen LogP contribution in [-0.4, -0.2) is 33.6 Å². The molecule has 74 valence electrons. The highest BCUT2D eigenvalue weighted by molar-refractivity contribution is 7.18. The Morgan fingerprint density at radius 1 is 1.38 bits per heavy atom. The van der Waals surface area contributed by atoms with Gasteiger partial charge in [0, 0.05) is 0 Å². The molecule has 1 unspecified atom stereocenters. The molecule has 2 aromatic rings. The van der Waals surface area contributed by atoms with Gasteiger partial charge in [0.25, 0.3) is 0 Å². The van der Waals surface area contributed by atoms with Gasteiger partial charge in [-0.3, -0.25) is 0 Å². The minimum Gasteiger partial charge on any atom is -0.390 e. The Bertz CT molecular complexity index is 520. The van der Waals surface area contributed by atoms with Gasteiger partial charge in [-0.05, 0) is 24.6 Å². The van der Waals surface area contributed by atoms with Crippen LogP contribution in [0.25, 0.3) is 10.2 Å². The fourth-order valence-electron chi connectivity index (χ4n) is 1.52. The van der Waals surface area contributed by atoms with Crippen LogP contribution in [0.2, 0.25) is 5.11 Å². The number of fused-ring (bicyclic) bond motifs is 1. The van der Waals surface area contributed by atoms with E-state index in [0.29, 0.717) is 5.56 Å². The van der Waals surface area contributed by atoms with E-state index >= 15 is 0 Å². The number of rotatable bonds is 2. The summed E-state index contributed by atoms with van der Waals surface area (Å²) in [6, 6.07) is 5.36. The van der Waals surface area contributed by atoms with Gasteiger partial charge in [-0.1, -0.05) is 6.07 Å². The minimum absolute atomic E-state index is 0.601. The van der Waals surface area contributed by atoms with Crippen molar-refractivity contribution in [3.63, 3.8) is 0 Å². The normalized spacial score (nSPS) is 14.1. The number of hydrogen-bond acceptors (Lipinski definition) is 3. The zero-order valence-corrected chi connectivity index (χ0v) is 9.66. The van der Waals surface area contributed by atoms with Crippen LogP contribution in [0.5, 0.6) is 0 Å². The lowest BCUT2D eigenvalue weighted by Crippen LogP contribution is -2.22. The summed E-state index contributed by atoms with van der Waals surface area (Å²) < 4.78 is 0.985. The molecule has 0 amide bonds. The number of thiazole rings is 1. The van der Waals surface area contributed by atoms with Gasteiger partial charge >= 0.3 is 0 Å². The lowest BCUT2D eigenvalue weighted by atomic mass is 9.39. The monoisotopic (exact) mass is 223 g/mol. The van der Waals surface area contributed by atoms with Crippen LogP contribution >= 0.6 is 11.3 Å². The molecule has 6 heteroatoms. The van der Waals surface area contributed by atoms with Crippen LogP contribution in [0.1, 0.15) is 16.7 Å². The van der Waals surface area contributed by atoms with E-state index in [2.05, 4.69) is 4.98 Å². The fourth-order valence-corrected chi connectivity index (χ4v) is 2.39. The van der Waals surface area contributed by atoms with Crippen molar-refractivity contribution >= 4 is 45.1 Å². The first-order valence-electron chi connectivity index (χ1n) is 4.80. The van der Waals surface area contributed by atoms with Crippen molar-refractivity contribution < 1.29 is 5.11 Å². The third-order valence-electron chi connectivity index (χ3n) is 2.31. The van der Waals surface area contributed by atoms with Crippen LogP contribution in [0.15, 0.2) is 18.2 Å². The second-order valence-corrected chi connectivity index (χ2v) is 5.10. The molecule has 0 aliphatic carbocycles. The standard InChI is InChI=1S/C10H8B3NOS/c1-5-14-7-3-2-6(4-8(7)16-5)9(15)10(11,12)13/h2-4,9,15H,1H3. The summed E-state index contributed by atoms with van der Waals surface area (Å²) in [5.41, 5.74) is 1.50. The van der Waals surface area contributed by atoms with E-state index < -0.39 is 11.2 Å². The van der Waals surface area contributed by atoms with Crippen LogP contribution < -0.4 is 0 Å². The summed E-state index contributed by atoms with van der Waals surface area (Å²) in [4.78, 5) is 4.32. The maximum atomic E-state index is 9.83. The van der Waals surface area contributed by atoms with Gasteiger partial charge in [0.1, 0.15) is 0 Å². The second kappa shape index (κ2) is 3.93. The Hall–Kier alpha value is -0.735. The first kappa shape index (κ1) is 11.7. The van der Waals surface area contributed by atoms with E-state index in [1.54, 1.807) is 17.4 Å². The van der Waals surface area contributed by atoms with Gasteiger partial charge < -0.3 is 5.11 Å². The number of aliphatic hydroxyl groups is 1. The lowest BCUT2D eigenvalue weighted by Gasteiger charge is -2.27. The fraction of sp³-hybridized carbons (Fsp3) is 0.300. The highest BCUT2D eigenvalue weighted by atomic mass is 32.1. The van der Waals surface area contributed by atoms with Crippen LogP contribution in [0.4, 0.5) is 0 Å². The molecule has 2 rings (SSSR count). The molecule has 2 nitrogen and oxygen atoms in total. The van der Waals surface area contributed by atoms with E-state index in [4.69, 9.17) is 23.5 Å². The van der Waals surface area contributed by atoms with Gasteiger partial charge in [-0.2, -0.15) is 0 Å². The molecule has 0 bridgehead atoms. The molecule has 1 aromatic heterocycles. The van der Waals surface area contributed by atoms with Gasteiger partial charge in [-0.15, -0.1) is 16.4 Å². The average molecular weight is 223 g/mol. The summed E-state index contributed by atoms with van der Waals surface area (Å²) in [6.45, 7) is 1.93. The van der Waals surface area contributed by atoms with Gasteiger partial charge in [0.05, 0.1) is 44.9 Å². The predicted octanol–water partition coefficient (Wildman–Crippen LogP) is 1.22. The molecule has 1 aromatic carbocycles. The zero-order chi connectivity index (χ0) is 11.9. The molecule has 1 atom stereocenters. The topological polar surface area (TPSA) is 33.1 Å². The average Bonchev–Trinajstić information content (AvgIpc) is 2.54. The van der Waals surface area contributed by atoms with Crippen molar-refractivity contribution in [1.29, 1.82) is 0 Å². The summed E-state index contributed by atoms with van der Waals surface area (Å²) in [7, 11) is 16.4. The SMILES string of the molecule is [B]C([B])([B])C(O)c1ccc2nc(C)sc2c1. The quantitative estimate of drug-likeness (QED) is 0.776. The molecule has 0 saturated carbocycles. The molecule has 0 saturated heterocycles. The van der Waals surface area contributed by atoms with E-state index in [0.717, 1.165) is 15.2 Å². The third kappa shape index (κ3) is 2.18. The molecule has 0 aliphatic rings. The Kier molecular flexibility index (Phi) is 2.89. The van der Waals surface area contributed by atoms with Crippen molar-refractivity contribution in [3.05, 3.63) is 28.8 Å². The molecular weight excluding hydrogens is 215 g/mol. The number of aromatic nitrogens is 1. The van der Waals surface area contributed by atoms with Crippen molar-refractivity contribution in [2.75, 3.05) is 0 Å².